The Morgan fingerprint density at radius 3 is 2.07 bits per heavy atom. The number of H-pyrrole nitrogens is 2. The van der Waals surface area contributed by atoms with Crippen molar-refractivity contribution in [2.24, 2.45) is 0 Å². The molecule has 0 aliphatic heterocycles. The van der Waals surface area contributed by atoms with E-state index in [9.17, 15) is 9.59 Å². The molecule has 0 aliphatic rings. The van der Waals surface area contributed by atoms with Gasteiger partial charge in [0, 0.05) is 6.07 Å². The van der Waals surface area contributed by atoms with Gasteiger partial charge in [0.25, 0.3) is 11.1 Å². The number of methoxy groups -OCH3 is 2. The summed E-state index contributed by atoms with van der Waals surface area (Å²) < 4.78 is 10.6. The number of quaternary nitrogens is 1. The summed E-state index contributed by atoms with van der Waals surface area (Å²) in [4.78, 5) is 40.5. The van der Waals surface area contributed by atoms with Crippen LogP contribution in [0.15, 0.2) is 46.0 Å². The molecule has 2 aromatic heterocycles. The molecule has 0 amide bonds. The molecule has 154 valence electrons. The van der Waals surface area contributed by atoms with Crippen LogP contribution < -0.4 is 25.5 Å². The lowest BCUT2D eigenvalue weighted by Crippen LogP contribution is -3.06. The topological polar surface area (TPSA) is 114 Å². The van der Waals surface area contributed by atoms with E-state index in [1.807, 2.05) is 25.2 Å². The van der Waals surface area contributed by atoms with Gasteiger partial charge in [0.1, 0.15) is 13.1 Å². The molecule has 9 nitrogen and oxygen atoms in total. The number of ether oxygens (including phenoxy) is 2. The van der Waals surface area contributed by atoms with Crippen LogP contribution in [-0.4, -0.2) is 41.2 Å². The standard InChI is InChI=1S/C21H21N5O4/c1-26(10-18-22-14-7-5-4-6-12(14)20(27)24-18)11-19-23-15-9-17(30-3)16(29-2)8-13(15)21(28)25-19/h4-9H,10-11H2,1-3H3,(H,22,24,27)(H,23,25,28)/p+1. The number of para-hydroxylation sites is 1. The van der Waals surface area contributed by atoms with Crippen LogP contribution in [0.2, 0.25) is 0 Å². The van der Waals surface area contributed by atoms with Gasteiger partial charge >= 0.3 is 0 Å². The first-order chi connectivity index (χ1) is 14.5. The normalized spacial score (nSPS) is 12.2. The Balaban J connectivity index is 1.60. The van der Waals surface area contributed by atoms with Crippen molar-refractivity contribution < 1.29 is 14.4 Å². The predicted molar refractivity (Wildman–Crippen MR) is 112 cm³/mol. The van der Waals surface area contributed by atoms with Crippen molar-refractivity contribution >= 4 is 21.8 Å². The first-order valence-electron chi connectivity index (χ1n) is 9.42. The Bertz CT molecular complexity index is 1350. The van der Waals surface area contributed by atoms with E-state index in [2.05, 4.69) is 19.9 Å². The molecule has 0 radical (unpaired) electrons. The van der Waals surface area contributed by atoms with Gasteiger partial charge in [-0.1, -0.05) is 12.1 Å². The minimum atomic E-state index is -0.249. The molecule has 0 fully saturated rings. The number of fused-ring (bicyclic) bond motifs is 2. The molecule has 2 heterocycles. The van der Waals surface area contributed by atoms with Gasteiger partial charge in [-0.05, 0) is 18.2 Å². The van der Waals surface area contributed by atoms with E-state index < -0.39 is 0 Å². The number of rotatable bonds is 6. The quantitative estimate of drug-likeness (QED) is 0.425. The lowest BCUT2D eigenvalue weighted by Gasteiger charge is -2.14. The Morgan fingerprint density at radius 1 is 0.833 bits per heavy atom. The summed E-state index contributed by atoms with van der Waals surface area (Å²) in [7, 11) is 4.99. The first-order valence-corrected chi connectivity index (χ1v) is 9.42. The molecule has 0 spiro atoms. The smallest absolute Gasteiger partial charge is 0.259 e. The zero-order chi connectivity index (χ0) is 21.3. The zero-order valence-electron chi connectivity index (χ0n) is 16.9. The van der Waals surface area contributed by atoms with Gasteiger partial charge in [-0.15, -0.1) is 0 Å². The SMILES string of the molecule is COc1cc2nc(C[NH+](C)Cc3nc4ccccc4c(=O)[nH]3)[nH]c(=O)c2cc1OC. The van der Waals surface area contributed by atoms with Crippen LogP contribution in [0, 0.1) is 0 Å². The summed E-state index contributed by atoms with van der Waals surface area (Å²) >= 11 is 0. The van der Waals surface area contributed by atoms with Crippen LogP contribution in [0.1, 0.15) is 11.6 Å². The largest absolute Gasteiger partial charge is 0.493 e. The Kier molecular flexibility index (Phi) is 5.20. The summed E-state index contributed by atoms with van der Waals surface area (Å²) in [6.45, 7) is 0.907. The number of aromatic amines is 2. The van der Waals surface area contributed by atoms with E-state index in [4.69, 9.17) is 9.47 Å². The van der Waals surface area contributed by atoms with Crippen LogP contribution in [0.25, 0.3) is 21.8 Å². The third kappa shape index (κ3) is 3.74. The molecule has 1 unspecified atom stereocenters. The van der Waals surface area contributed by atoms with E-state index >= 15 is 0 Å². The van der Waals surface area contributed by atoms with Gasteiger partial charge in [-0.2, -0.15) is 0 Å². The van der Waals surface area contributed by atoms with Crippen LogP contribution in [0.3, 0.4) is 0 Å². The second-order valence-corrected chi connectivity index (χ2v) is 7.08. The van der Waals surface area contributed by atoms with Crippen molar-refractivity contribution in [2.75, 3.05) is 21.3 Å². The van der Waals surface area contributed by atoms with E-state index in [1.165, 1.54) is 14.2 Å². The molecule has 4 aromatic rings. The van der Waals surface area contributed by atoms with Crippen LogP contribution in [0.5, 0.6) is 11.5 Å². The molecule has 30 heavy (non-hydrogen) atoms. The predicted octanol–water partition coefficient (Wildman–Crippen LogP) is 0.392. The lowest BCUT2D eigenvalue weighted by atomic mass is 10.2. The monoisotopic (exact) mass is 408 g/mol. The van der Waals surface area contributed by atoms with Crippen molar-refractivity contribution in [1.82, 2.24) is 19.9 Å². The van der Waals surface area contributed by atoms with Gasteiger partial charge in [0.2, 0.25) is 0 Å². The minimum absolute atomic E-state index is 0.165. The molecular weight excluding hydrogens is 386 g/mol. The molecule has 9 heteroatoms. The minimum Gasteiger partial charge on any atom is -0.493 e. The van der Waals surface area contributed by atoms with Crippen LogP contribution in [0.4, 0.5) is 0 Å². The maximum absolute atomic E-state index is 12.5. The summed E-state index contributed by atoms with van der Waals surface area (Å²) in [5.74, 6) is 2.08. The van der Waals surface area contributed by atoms with E-state index in [1.54, 1.807) is 18.2 Å². The second kappa shape index (κ2) is 7.96. The molecule has 3 N–H and O–H groups in total. The second-order valence-electron chi connectivity index (χ2n) is 7.08. The van der Waals surface area contributed by atoms with E-state index in [-0.39, 0.29) is 11.1 Å². The molecule has 2 aromatic carbocycles. The van der Waals surface area contributed by atoms with Gasteiger partial charge < -0.3 is 24.3 Å². The summed E-state index contributed by atoms with van der Waals surface area (Å²) in [6, 6.07) is 10.5. The van der Waals surface area contributed by atoms with E-state index in [0.717, 1.165) is 4.90 Å². The third-order valence-electron chi connectivity index (χ3n) is 4.86. The lowest BCUT2D eigenvalue weighted by molar-refractivity contribution is -0.909. The first kappa shape index (κ1) is 19.6. The van der Waals surface area contributed by atoms with Crippen molar-refractivity contribution in [3.63, 3.8) is 0 Å². The Labute approximate surface area is 171 Å². The maximum atomic E-state index is 12.5. The molecule has 0 aliphatic carbocycles. The average Bonchev–Trinajstić information content (AvgIpc) is 2.72. The fraction of sp³-hybridized carbons (Fsp3) is 0.238. The average molecular weight is 408 g/mol. The highest BCUT2D eigenvalue weighted by atomic mass is 16.5. The number of benzene rings is 2. The number of hydrogen-bond donors (Lipinski definition) is 3. The van der Waals surface area contributed by atoms with Crippen molar-refractivity contribution in [2.45, 2.75) is 13.1 Å². The van der Waals surface area contributed by atoms with Crippen molar-refractivity contribution in [3.05, 3.63) is 68.8 Å². The highest BCUT2D eigenvalue weighted by Crippen LogP contribution is 2.29. The van der Waals surface area contributed by atoms with Crippen LogP contribution >= 0.6 is 0 Å². The number of nitrogens with zero attached hydrogens (tertiary/aromatic N) is 2. The Morgan fingerprint density at radius 2 is 1.40 bits per heavy atom. The Hall–Kier alpha value is -3.72. The molecule has 0 bridgehead atoms. The van der Waals surface area contributed by atoms with Gasteiger partial charge in [0.05, 0.1) is 43.1 Å². The maximum Gasteiger partial charge on any atom is 0.259 e. The molecular formula is C21H22N5O4+. The fourth-order valence-corrected chi connectivity index (χ4v) is 3.45. The highest BCUT2D eigenvalue weighted by molar-refractivity contribution is 5.81. The van der Waals surface area contributed by atoms with Crippen molar-refractivity contribution in [3.8, 4) is 11.5 Å². The van der Waals surface area contributed by atoms with Gasteiger partial charge in [-0.3, -0.25) is 9.59 Å². The van der Waals surface area contributed by atoms with Crippen LogP contribution in [-0.2, 0) is 13.1 Å². The molecule has 0 saturated carbocycles. The summed E-state index contributed by atoms with van der Waals surface area (Å²) in [6.07, 6.45) is 0. The third-order valence-corrected chi connectivity index (χ3v) is 4.86. The number of nitrogens with one attached hydrogen (secondary N) is 3. The number of hydrogen-bond acceptors (Lipinski definition) is 6. The number of aromatic nitrogens is 4. The highest BCUT2D eigenvalue weighted by Gasteiger charge is 2.14. The van der Waals surface area contributed by atoms with Gasteiger partial charge in [0.15, 0.2) is 23.1 Å². The van der Waals surface area contributed by atoms with Crippen molar-refractivity contribution in [1.29, 1.82) is 0 Å². The zero-order valence-corrected chi connectivity index (χ0v) is 16.9. The van der Waals surface area contributed by atoms with E-state index in [0.29, 0.717) is 58.0 Å². The molecule has 0 saturated heterocycles. The summed E-state index contributed by atoms with van der Waals surface area (Å²) in [5, 5.41) is 0.985. The molecule has 4 rings (SSSR count). The molecule has 1 atom stereocenters. The summed E-state index contributed by atoms with van der Waals surface area (Å²) in [5.41, 5.74) is 0.765. The fourth-order valence-electron chi connectivity index (χ4n) is 3.45. The van der Waals surface area contributed by atoms with Gasteiger partial charge in [-0.25, -0.2) is 9.97 Å².